The molecular formula is C16H24ClNO3. The molecule has 0 radical (unpaired) electrons. The van der Waals surface area contributed by atoms with Crippen LogP contribution in [0.15, 0.2) is 12.1 Å². The van der Waals surface area contributed by atoms with Crippen molar-refractivity contribution in [1.29, 1.82) is 0 Å². The quantitative estimate of drug-likeness (QED) is 0.837. The lowest BCUT2D eigenvalue weighted by Gasteiger charge is -2.17. The number of hydrogen-bond donors (Lipinski definition) is 1. The minimum atomic E-state index is 0.160. The van der Waals surface area contributed by atoms with E-state index in [1.807, 2.05) is 12.1 Å². The number of halogens is 1. The molecule has 21 heavy (non-hydrogen) atoms. The minimum absolute atomic E-state index is 0.160. The zero-order chi connectivity index (χ0) is 15.2. The SMILES string of the molecule is COc1cc(CNC(C)C)cc(Cl)c1OCC1CCCO1. The monoisotopic (exact) mass is 313 g/mol. The van der Waals surface area contributed by atoms with Crippen LogP contribution in [0.25, 0.3) is 0 Å². The number of methoxy groups -OCH3 is 1. The molecule has 5 heteroatoms. The van der Waals surface area contributed by atoms with Gasteiger partial charge in [0, 0.05) is 19.2 Å². The van der Waals surface area contributed by atoms with Crippen LogP contribution in [0.5, 0.6) is 11.5 Å². The Kier molecular flexibility index (Phi) is 6.15. The van der Waals surface area contributed by atoms with Gasteiger partial charge in [0.2, 0.25) is 0 Å². The standard InChI is InChI=1S/C16H24ClNO3/c1-11(2)18-9-12-7-14(17)16(15(8-12)19-3)21-10-13-5-4-6-20-13/h7-8,11,13,18H,4-6,9-10H2,1-3H3. The number of ether oxygens (including phenoxy) is 3. The van der Waals surface area contributed by atoms with E-state index in [4.69, 9.17) is 25.8 Å². The van der Waals surface area contributed by atoms with Gasteiger partial charge in [-0.15, -0.1) is 0 Å². The van der Waals surface area contributed by atoms with Crippen molar-refractivity contribution in [3.8, 4) is 11.5 Å². The van der Waals surface area contributed by atoms with Gasteiger partial charge in [-0.2, -0.15) is 0 Å². The van der Waals surface area contributed by atoms with E-state index >= 15 is 0 Å². The molecule has 0 bridgehead atoms. The molecule has 4 nitrogen and oxygen atoms in total. The molecule has 2 rings (SSSR count). The Morgan fingerprint density at radius 2 is 2.24 bits per heavy atom. The average Bonchev–Trinajstić information content (AvgIpc) is 2.96. The number of hydrogen-bond acceptors (Lipinski definition) is 4. The molecule has 0 aromatic heterocycles. The third kappa shape index (κ3) is 4.77. The third-order valence-electron chi connectivity index (χ3n) is 3.44. The highest BCUT2D eigenvalue weighted by atomic mass is 35.5. The van der Waals surface area contributed by atoms with Crippen LogP contribution in [0.3, 0.4) is 0 Å². The molecule has 0 aliphatic carbocycles. The van der Waals surface area contributed by atoms with E-state index in [2.05, 4.69) is 19.2 Å². The van der Waals surface area contributed by atoms with Crippen LogP contribution in [0, 0.1) is 0 Å². The van der Waals surface area contributed by atoms with Gasteiger partial charge in [0.1, 0.15) is 6.61 Å². The van der Waals surface area contributed by atoms with Crippen molar-refractivity contribution in [2.24, 2.45) is 0 Å². The molecule has 1 aromatic carbocycles. The molecule has 1 unspecified atom stereocenters. The van der Waals surface area contributed by atoms with Gasteiger partial charge < -0.3 is 19.5 Å². The molecular weight excluding hydrogens is 290 g/mol. The molecule has 118 valence electrons. The van der Waals surface area contributed by atoms with E-state index in [1.165, 1.54) is 0 Å². The van der Waals surface area contributed by atoms with Gasteiger partial charge >= 0.3 is 0 Å². The molecule has 1 aliphatic heterocycles. The highest BCUT2D eigenvalue weighted by molar-refractivity contribution is 6.32. The van der Waals surface area contributed by atoms with Gasteiger partial charge in [-0.05, 0) is 30.5 Å². The first-order valence-corrected chi connectivity index (χ1v) is 7.82. The Morgan fingerprint density at radius 3 is 2.86 bits per heavy atom. The molecule has 0 amide bonds. The van der Waals surface area contributed by atoms with Crippen LogP contribution in [0.1, 0.15) is 32.3 Å². The van der Waals surface area contributed by atoms with Gasteiger partial charge in [-0.25, -0.2) is 0 Å². The lowest BCUT2D eigenvalue weighted by atomic mass is 10.2. The summed E-state index contributed by atoms with van der Waals surface area (Å²) in [6, 6.07) is 4.31. The van der Waals surface area contributed by atoms with Crippen molar-refractivity contribution in [2.45, 2.75) is 45.4 Å². The Morgan fingerprint density at radius 1 is 1.43 bits per heavy atom. The first kappa shape index (κ1) is 16.4. The van der Waals surface area contributed by atoms with Gasteiger partial charge in [0.25, 0.3) is 0 Å². The Balaban J connectivity index is 2.05. The Labute approximate surface area is 131 Å². The second-order valence-corrected chi connectivity index (χ2v) is 6.00. The van der Waals surface area contributed by atoms with Gasteiger partial charge in [-0.3, -0.25) is 0 Å². The summed E-state index contributed by atoms with van der Waals surface area (Å²) in [5, 5.41) is 3.94. The molecule has 1 atom stereocenters. The van der Waals surface area contributed by atoms with Gasteiger partial charge in [-0.1, -0.05) is 25.4 Å². The summed E-state index contributed by atoms with van der Waals surface area (Å²) in [5.41, 5.74) is 1.08. The molecule has 1 aliphatic rings. The highest BCUT2D eigenvalue weighted by Gasteiger charge is 2.19. The van der Waals surface area contributed by atoms with Crippen molar-refractivity contribution in [3.63, 3.8) is 0 Å². The first-order chi connectivity index (χ1) is 10.1. The molecule has 0 spiro atoms. The summed E-state index contributed by atoms with van der Waals surface area (Å²) < 4.78 is 16.8. The average molecular weight is 314 g/mol. The number of benzene rings is 1. The zero-order valence-corrected chi connectivity index (χ0v) is 13.7. The normalized spacial score (nSPS) is 18.2. The Bertz CT molecular complexity index is 459. The van der Waals surface area contributed by atoms with Crippen LogP contribution in [-0.4, -0.2) is 32.5 Å². The fourth-order valence-electron chi connectivity index (χ4n) is 2.29. The van der Waals surface area contributed by atoms with Crippen molar-refractivity contribution < 1.29 is 14.2 Å². The zero-order valence-electron chi connectivity index (χ0n) is 12.9. The predicted molar refractivity (Wildman–Crippen MR) is 84.4 cm³/mol. The van der Waals surface area contributed by atoms with E-state index in [1.54, 1.807) is 7.11 Å². The van der Waals surface area contributed by atoms with E-state index in [0.717, 1.165) is 31.6 Å². The van der Waals surface area contributed by atoms with Gasteiger partial charge in [0.15, 0.2) is 11.5 Å². The smallest absolute Gasteiger partial charge is 0.179 e. The molecule has 1 N–H and O–H groups in total. The van der Waals surface area contributed by atoms with Crippen molar-refractivity contribution in [3.05, 3.63) is 22.7 Å². The van der Waals surface area contributed by atoms with Crippen molar-refractivity contribution in [1.82, 2.24) is 5.32 Å². The lowest BCUT2D eigenvalue weighted by molar-refractivity contribution is 0.0670. The number of nitrogens with one attached hydrogen (secondary N) is 1. The topological polar surface area (TPSA) is 39.7 Å². The highest BCUT2D eigenvalue weighted by Crippen LogP contribution is 2.36. The molecule has 1 fully saturated rings. The van der Waals surface area contributed by atoms with E-state index in [9.17, 15) is 0 Å². The maximum absolute atomic E-state index is 6.34. The fraction of sp³-hybridized carbons (Fsp3) is 0.625. The molecule has 1 aromatic rings. The van der Waals surface area contributed by atoms with Crippen molar-refractivity contribution >= 4 is 11.6 Å². The summed E-state index contributed by atoms with van der Waals surface area (Å²) in [5.74, 6) is 1.27. The predicted octanol–water partition coefficient (Wildman–Crippen LogP) is 3.40. The molecule has 1 saturated heterocycles. The van der Waals surface area contributed by atoms with Crippen LogP contribution in [0.2, 0.25) is 5.02 Å². The van der Waals surface area contributed by atoms with E-state index in [0.29, 0.717) is 29.2 Å². The van der Waals surface area contributed by atoms with Crippen LogP contribution < -0.4 is 14.8 Å². The van der Waals surface area contributed by atoms with Crippen LogP contribution in [0.4, 0.5) is 0 Å². The maximum atomic E-state index is 6.34. The molecule has 0 saturated carbocycles. The Hall–Kier alpha value is -0.970. The van der Waals surface area contributed by atoms with E-state index < -0.39 is 0 Å². The minimum Gasteiger partial charge on any atom is -0.493 e. The maximum Gasteiger partial charge on any atom is 0.179 e. The first-order valence-electron chi connectivity index (χ1n) is 7.44. The summed E-state index contributed by atoms with van der Waals surface area (Å²) >= 11 is 6.34. The van der Waals surface area contributed by atoms with Crippen LogP contribution in [-0.2, 0) is 11.3 Å². The summed E-state index contributed by atoms with van der Waals surface area (Å²) in [7, 11) is 1.63. The second-order valence-electron chi connectivity index (χ2n) is 5.59. The summed E-state index contributed by atoms with van der Waals surface area (Å²) in [6.45, 7) is 6.30. The largest absolute Gasteiger partial charge is 0.493 e. The van der Waals surface area contributed by atoms with Crippen molar-refractivity contribution in [2.75, 3.05) is 20.3 Å². The number of rotatable bonds is 7. The fourth-order valence-corrected chi connectivity index (χ4v) is 2.58. The third-order valence-corrected chi connectivity index (χ3v) is 3.72. The van der Waals surface area contributed by atoms with Crippen LogP contribution >= 0.6 is 11.6 Å². The lowest BCUT2D eigenvalue weighted by Crippen LogP contribution is -2.22. The summed E-state index contributed by atoms with van der Waals surface area (Å²) in [4.78, 5) is 0. The molecule has 1 heterocycles. The summed E-state index contributed by atoms with van der Waals surface area (Å²) in [6.07, 6.45) is 2.29. The van der Waals surface area contributed by atoms with E-state index in [-0.39, 0.29) is 6.10 Å². The van der Waals surface area contributed by atoms with Gasteiger partial charge in [0.05, 0.1) is 18.2 Å². The second kappa shape index (κ2) is 7.87.